The Bertz CT molecular complexity index is 246. The van der Waals surface area contributed by atoms with Crippen LogP contribution in [-0.2, 0) is 9.59 Å². The van der Waals surface area contributed by atoms with E-state index in [-0.39, 0.29) is 50.3 Å². The van der Waals surface area contributed by atoms with Crippen molar-refractivity contribution >= 4 is 50.3 Å². The molecular weight excluding hydrogens is 395 g/mol. The van der Waals surface area contributed by atoms with Gasteiger partial charge in [0.05, 0.1) is 0 Å². The van der Waals surface area contributed by atoms with Crippen molar-refractivity contribution in [3.8, 4) is 0 Å². The Morgan fingerprint density at radius 2 is 1.00 bits per heavy atom. The molecule has 0 atom stereocenters. The summed E-state index contributed by atoms with van der Waals surface area (Å²) in [5, 5.41) is 21.1. The molecule has 0 unspecified atom stereocenters. The van der Waals surface area contributed by atoms with Gasteiger partial charge in [-0.25, -0.2) is 0 Å². The first-order valence-corrected chi connectivity index (χ1v) is 3.76. The Morgan fingerprint density at radius 3 is 1.00 bits per heavy atom. The fourth-order valence-corrected chi connectivity index (χ4v) is 0.141. The number of Topliss-reactive ketones (excluding diaryl/α,β-unsaturated/α-hetero) is 2. The number of carbonyl (C=O) groups is 2. The molecule has 0 aliphatic carbocycles. The zero-order valence-electron chi connectivity index (χ0n) is 9.18. The standard InChI is InChI=1S/2C4H7NO2.Pb.H/c2*1-3(5-7)4(2)6;;/h2*7H,1-2H3;;/b5-3+;;;. The van der Waals surface area contributed by atoms with Crippen molar-refractivity contribution in [1.29, 1.82) is 0 Å². The number of hydrogen-bond donors (Lipinski definition) is 2. The zero-order chi connectivity index (χ0) is 11.7. The molecule has 0 rings (SSSR count). The molecular formula is C8H15N2O4Pb. The number of ketones is 2. The van der Waals surface area contributed by atoms with Gasteiger partial charge in [-0.05, 0) is 13.8 Å². The molecule has 0 heterocycles. The number of carbonyl (C=O) groups excluding carboxylic acids is 2. The summed E-state index contributed by atoms with van der Waals surface area (Å²) >= 11 is 0. The van der Waals surface area contributed by atoms with E-state index < -0.39 is 0 Å². The Kier molecular flexibility index (Phi) is 14.8. The second kappa shape index (κ2) is 11.3. The number of nitrogens with zero attached hydrogens (tertiary/aromatic N) is 2. The van der Waals surface area contributed by atoms with Gasteiger partial charge in [0.15, 0.2) is 11.6 Å². The topological polar surface area (TPSA) is 99.3 Å². The number of rotatable bonds is 2. The van der Waals surface area contributed by atoms with Gasteiger partial charge in [-0.2, -0.15) is 0 Å². The van der Waals surface area contributed by atoms with Crippen LogP contribution < -0.4 is 0 Å². The summed E-state index contributed by atoms with van der Waals surface area (Å²) in [6.07, 6.45) is 0. The number of oxime groups is 2. The normalized spacial score (nSPS) is 10.7. The van der Waals surface area contributed by atoms with Crippen LogP contribution >= 0.6 is 0 Å². The van der Waals surface area contributed by atoms with E-state index in [1.807, 2.05) is 0 Å². The first-order valence-electron chi connectivity index (χ1n) is 3.76. The van der Waals surface area contributed by atoms with Crippen LogP contribution in [-0.4, -0.2) is 60.7 Å². The van der Waals surface area contributed by atoms with Gasteiger partial charge in [0.1, 0.15) is 11.4 Å². The molecule has 6 nitrogen and oxygen atoms in total. The van der Waals surface area contributed by atoms with Gasteiger partial charge in [-0.15, -0.1) is 0 Å². The van der Waals surface area contributed by atoms with E-state index in [1.54, 1.807) is 0 Å². The van der Waals surface area contributed by atoms with E-state index in [2.05, 4.69) is 10.3 Å². The van der Waals surface area contributed by atoms with Gasteiger partial charge in [0.2, 0.25) is 0 Å². The molecule has 0 aromatic carbocycles. The summed E-state index contributed by atoms with van der Waals surface area (Å²) < 4.78 is 0. The summed E-state index contributed by atoms with van der Waals surface area (Å²) in [4.78, 5) is 20.2. The Balaban J connectivity index is -0.000000180. The van der Waals surface area contributed by atoms with Crippen LogP contribution in [0.15, 0.2) is 10.3 Å². The van der Waals surface area contributed by atoms with Crippen LogP contribution in [0.1, 0.15) is 27.7 Å². The van der Waals surface area contributed by atoms with Crippen LogP contribution in [0.25, 0.3) is 0 Å². The van der Waals surface area contributed by atoms with Gasteiger partial charge in [-0.1, -0.05) is 10.3 Å². The minimum atomic E-state index is -0.206. The minimum absolute atomic E-state index is 0. The van der Waals surface area contributed by atoms with E-state index in [1.165, 1.54) is 27.7 Å². The van der Waals surface area contributed by atoms with E-state index >= 15 is 0 Å². The van der Waals surface area contributed by atoms with Crippen molar-refractivity contribution in [2.75, 3.05) is 0 Å². The molecule has 0 spiro atoms. The van der Waals surface area contributed by atoms with Crippen molar-refractivity contribution in [1.82, 2.24) is 0 Å². The summed E-state index contributed by atoms with van der Waals surface area (Å²) in [5.41, 5.74) is 0.278. The van der Waals surface area contributed by atoms with Crippen molar-refractivity contribution in [2.45, 2.75) is 27.7 Å². The molecule has 0 amide bonds. The van der Waals surface area contributed by atoms with Crippen molar-refractivity contribution in [3.63, 3.8) is 0 Å². The maximum atomic E-state index is 10.1. The fourth-order valence-electron chi connectivity index (χ4n) is 0.141. The van der Waals surface area contributed by atoms with Crippen LogP contribution in [0.2, 0.25) is 0 Å². The first kappa shape index (κ1) is 19.7. The summed E-state index contributed by atoms with van der Waals surface area (Å²) in [6.45, 7) is 5.58. The predicted octanol–water partition coefficient (Wildman–Crippen LogP) is 0.203. The third-order valence-electron chi connectivity index (χ3n) is 1.32. The van der Waals surface area contributed by atoms with E-state index in [4.69, 9.17) is 10.4 Å². The fraction of sp³-hybridized carbons (Fsp3) is 0.500. The van der Waals surface area contributed by atoms with Crippen LogP contribution in [0.3, 0.4) is 0 Å². The summed E-state index contributed by atoms with van der Waals surface area (Å²) in [5.74, 6) is -0.412. The molecule has 0 fully saturated rings. The average Bonchev–Trinajstić information content (AvgIpc) is 2.15. The Labute approximate surface area is 108 Å². The molecule has 0 aromatic heterocycles. The van der Waals surface area contributed by atoms with Crippen LogP contribution in [0, 0.1) is 0 Å². The third-order valence-corrected chi connectivity index (χ3v) is 1.32. The van der Waals surface area contributed by atoms with Gasteiger partial charge in [0.25, 0.3) is 0 Å². The predicted molar refractivity (Wildman–Crippen MR) is 58.3 cm³/mol. The molecule has 85 valence electrons. The molecule has 0 aliphatic rings. The Morgan fingerprint density at radius 1 is 0.800 bits per heavy atom. The van der Waals surface area contributed by atoms with Crippen molar-refractivity contribution < 1.29 is 20.0 Å². The maximum absolute atomic E-state index is 10.1. The SMILES string of the molecule is CC(=O)/C(C)=N/O.CC(=O)C(C)=NO.[PbH]. The summed E-state index contributed by atoms with van der Waals surface area (Å²) in [6, 6.07) is 0. The van der Waals surface area contributed by atoms with E-state index in [0.29, 0.717) is 0 Å². The average molecular weight is 410 g/mol. The quantitative estimate of drug-likeness (QED) is 0.294. The second-order valence-electron chi connectivity index (χ2n) is 2.48. The molecule has 0 saturated heterocycles. The monoisotopic (exact) mass is 411 g/mol. The number of hydrogen-bond acceptors (Lipinski definition) is 6. The van der Waals surface area contributed by atoms with E-state index in [0.717, 1.165) is 0 Å². The molecule has 0 aliphatic heterocycles. The molecule has 3 radical (unpaired) electrons. The molecule has 0 saturated carbocycles. The second-order valence-corrected chi connectivity index (χ2v) is 2.48. The molecule has 15 heavy (non-hydrogen) atoms. The van der Waals surface area contributed by atoms with Gasteiger partial charge in [-0.3, -0.25) is 9.59 Å². The third kappa shape index (κ3) is 13.2. The van der Waals surface area contributed by atoms with Crippen molar-refractivity contribution in [2.24, 2.45) is 10.3 Å². The zero-order valence-corrected chi connectivity index (χ0v) is 13.7. The summed E-state index contributed by atoms with van der Waals surface area (Å²) in [7, 11) is 0. The Hall–Kier alpha value is -0.798. The van der Waals surface area contributed by atoms with Crippen molar-refractivity contribution in [3.05, 3.63) is 0 Å². The molecule has 0 aromatic rings. The molecule has 7 heteroatoms. The van der Waals surface area contributed by atoms with Crippen LogP contribution in [0.4, 0.5) is 0 Å². The first-order chi connectivity index (χ1) is 6.36. The van der Waals surface area contributed by atoms with Gasteiger partial charge >= 0.3 is 27.3 Å². The van der Waals surface area contributed by atoms with E-state index in [9.17, 15) is 9.59 Å². The molecule has 0 bridgehead atoms. The van der Waals surface area contributed by atoms with Gasteiger partial charge in [0, 0.05) is 13.8 Å². The van der Waals surface area contributed by atoms with Crippen LogP contribution in [0.5, 0.6) is 0 Å². The van der Waals surface area contributed by atoms with Gasteiger partial charge < -0.3 is 10.4 Å². The molecule has 2 N–H and O–H groups in total.